The zero-order chi connectivity index (χ0) is 19.4. The Morgan fingerprint density at radius 3 is 2.96 bits per heavy atom. The van der Waals surface area contributed by atoms with E-state index in [1.54, 1.807) is 11.3 Å². The van der Waals surface area contributed by atoms with Gasteiger partial charge < -0.3 is 10.1 Å². The quantitative estimate of drug-likeness (QED) is 0.695. The second-order valence-corrected chi connectivity index (χ2v) is 9.16. The van der Waals surface area contributed by atoms with Crippen LogP contribution >= 0.6 is 23.1 Å². The van der Waals surface area contributed by atoms with Gasteiger partial charge in [0, 0.05) is 6.61 Å². The molecule has 0 spiro atoms. The highest BCUT2D eigenvalue weighted by molar-refractivity contribution is 7.99. The Kier molecular flexibility index (Phi) is 5.99. The van der Waals surface area contributed by atoms with Crippen LogP contribution in [0.4, 0.5) is 0 Å². The number of aromatic nitrogens is 3. The van der Waals surface area contributed by atoms with Crippen molar-refractivity contribution in [2.24, 2.45) is 0 Å². The molecule has 28 heavy (non-hydrogen) atoms. The largest absolute Gasteiger partial charge is 0.376 e. The third-order valence-corrected chi connectivity index (χ3v) is 7.08. The summed E-state index contributed by atoms with van der Waals surface area (Å²) in [5.41, 5.74) is -0.689. The topological polar surface area (TPSA) is 92.8 Å². The van der Waals surface area contributed by atoms with Gasteiger partial charge in [0.15, 0.2) is 11.0 Å². The lowest BCUT2D eigenvalue weighted by Gasteiger charge is -2.21. The molecule has 1 unspecified atom stereocenters. The first kappa shape index (κ1) is 19.4. The van der Waals surface area contributed by atoms with Crippen molar-refractivity contribution in [2.75, 3.05) is 12.4 Å². The number of ether oxygens (including phenoxy) is 1. The number of carbonyl (C=O) groups is 1. The van der Waals surface area contributed by atoms with Crippen LogP contribution in [0, 0.1) is 11.3 Å². The van der Waals surface area contributed by atoms with Gasteiger partial charge >= 0.3 is 0 Å². The lowest BCUT2D eigenvalue weighted by Crippen LogP contribution is -2.45. The van der Waals surface area contributed by atoms with Crippen LogP contribution in [0.15, 0.2) is 22.7 Å². The minimum atomic E-state index is -0.689. The molecule has 1 N–H and O–H groups in total. The average molecular weight is 418 g/mol. The summed E-state index contributed by atoms with van der Waals surface area (Å²) >= 11 is 2.99. The lowest BCUT2D eigenvalue weighted by atomic mass is 10.0. The molecule has 7 nitrogen and oxygen atoms in total. The smallest absolute Gasteiger partial charge is 0.231 e. The summed E-state index contributed by atoms with van der Waals surface area (Å²) in [6.07, 6.45) is 5.69. The number of rotatable bonds is 7. The van der Waals surface area contributed by atoms with Gasteiger partial charge in [-0.3, -0.25) is 9.36 Å². The minimum Gasteiger partial charge on any atom is -0.376 e. The highest BCUT2D eigenvalue weighted by Gasteiger charge is 2.35. The molecule has 1 aliphatic carbocycles. The summed E-state index contributed by atoms with van der Waals surface area (Å²) in [6, 6.07) is 6.32. The number of carbonyl (C=O) groups excluding carboxylic acids is 1. The van der Waals surface area contributed by atoms with Crippen LogP contribution in [0.1, 0.15) is 38.5 Å². The van der Waals surface area contributed by atoms with Crippen molar-refractivity contribution in [3.8, 4) is 16.8 Å². The maximum atomic E-state index is 12.5. The van der Waals surface area contributed by atoms with Crippen LogP contribution in [0.5, 0.6) is 0 Å². The summed E-state index contributed by atoms with van der Waals surface area (Å²) in [5.74, 6) is 0.910. The third kappa shape index (κ3) is 4.24. The standard InChI is InChI=1S/C19H23N5O2S2/c20-13-19(7-1-2-8-19)21-16(25)12-28-18-23-22-17(15-6-4-10-27-15)24(18)11-14-5-3-9-26-14/h4,6,10,14H,1-3,5,7-9,11-12H2,(H,21,25). The Bertz CT molecular complexity index is 846. The van der Waals surface area contributed by atoms with Crippen LogP contribution in [-0.4, -0.2) is 44.7 Å². The van der Waals surface area contributed by atoms with E-state index in [9.17, 15) is 10.1 Å². The Labute approximate surface area is 172 Å². The molecule has 2 fully saturated rings. The summed E-state index contributed by atoms with van der Waals surface area (Å²) in [7, 11) is 0. The molecule has 2 aromatic rings. The van der Waals surface area contributed by atoms with Crippen LogP contribution in [-0.2, 0) is 16.1 Å². The maximum Gasteiger partial charge on any atom is 0.231 e. The van der Waals surface area contributed by atoms with Gasteiger partial charge in [0.1, 0.15) is 5.54 Å². The van der Waals surface area contributed by atoms with E-state index < -0.39 is 5.54 Å². The number of thioether (sulfide) groups is 1. The van der Waals surface area contributed by atoms with Crippen LogP contribution < -0.4 is 5.32 Å². The predicted octanol–water partition coefficient (Wildman–Crippen LogP) is 3.23. The van der Waals surface area contributed by atoms with E-state index in [0.717, 1.165) is 55.8 Å². The van der Waals surface area contributed by atoms with Gasteiger partial charge in [0.25, 0.3) is 0 Å². The van der Waals surface area contributed by atoms with Crippen molar-refractivity contribution >= 4 is 29.0 Å². The number of nitrogens with zero attached hydrogens (tertiary/aromatic N) is 4. The molecule has 3 heterocycles. The zero-order valence-corrected chi connectivity index (χ0v) is 17.2. The molecule has 1 atom stereocenters. The second-order valence-electron chi connectivity index (χ2n) is 7.27. The number of nitrogens with one attached hydrogen (secondary N) is 1. The van der Waals surface area contributed by atoms with E-state index in [0.29, 0.717) is 11.7 Å². The molecule has 0 aromatic carbocycles. The molecule has 2 aliphatic rings. The van der Waals surface area contributed by atoms with E-state index in [1.807, 2.05) is 17.5 Å². The minimum absolute atomic E-state index is 0.127. The fraction of sp³-hybridized carbons (Fsp3) is 0.579. The lowest BCUT2D eigenvalue weighted by molar-refractivity contribution is -0.119. The fourth-order valence-corrected chi connectivity index (χ4v) is 5.28. The van der Waals surface area contributed by atoms with Gasteiger partial charge in [-0.25, -0.2) is 0 Å². The molecule has 1 amide bonds. The third-order valence-electron chi connectivity index (χ3n) is 5.25. The van der Waals surface area contributed by atoms with Gasteiger partial charge in [0.2, 0.25) is 5.91 Å². The molecular weight excluding hydrogens is 394 g/mol. The summed E-state index contributed by atoms with van der Waals surface area (Å²) in [5, 5.41) is 23.8. The van der Waals surface area contributed by atoms with E-state index in [2.05, 4.69) is 26.2 Å². The first-order valence-electron chi connectivity index (χ1n) is 9.63. The first-order valence-corrected chi connectivity index (χ1v) is 11.5. The van der Waals surface area contributed by atoms with Crippen LogP contribution in [0.3, 0.4) is 0 Å². The molecule has 2 aromatic heterocycles. The van der Waals surface area contributed by atoms with Gasteiger partial charge in [0.05, 0.1) is 29.3 Å². The van der Waals surface area contributed by atoms with Crippen LogP contribution in [0.2, 0.25) is 0 Å². The Morgan fingerprint density at radius 1 is 1.43 bits per heavy atom. The average Bonchev–Trinajstić information content (AvgIpc) is 3.48. The Morgan fingerprint density at radius 2 is 2.29 bits per heavy atom. The first-order chi connectivity index (χ1) is 13.7. The van der Waals surface area contributed by atoms with E-state index >= 15 is 0 Å². The van der Waals surface area contributed by atoms with E-state index in [-0.39, 0.29) is 17.8 Å². The highest BCUT2D eigenvalue weighted by Crippen LogP contribution is 2.31. The number of thiophene rings is 1. The number of nitriles is 1. The second kappa shape index (κ2) is 8.64. The molecule has 0 bridgehead atoms. The van der Waals surface area contributed by atoms with E-state index in [1.165, 1.54) is 11.8 Å². The predicted molar refractivity (Wildman–Crippen MR) is 108 cm³/mol. The van der Waals surface area contributed by atoms with Crippen molar-refractivity contribution < 1.29 is 9.53 Å². The molecule has 1 saturated heterocycles. The van der Waals surface area contributed by atoms with E-state index in [4.69, 9.17) is 4.74 Å². The zero-order valence-electron chi connectivity index (χ0n) is 15.6. The summed E-state index contributed by atoms with van der Waals surface area (Å²) < 4.78 is 7.86. The number of amides is 1. The summed E-state index contributed by atoms with van der Waals surface area (Å²) in [4.78, 5) is 13.5. The van der Waals surface area contributed by atoms with Crippen LogP contribution in [0.25, 0.3) is 10.7 Å². The number of hydrogen-bond donors (Lipinski definition) is 1. The van der Waals surface area contributed by atoms with Crippen molar-refractivity contribution in [3.63, 3.8) is 0 Å². The van der Waals surface area contributed by atoms with Gasteiger partial charge in [-0.2, -0.15) is 5.26 Å². The summed E-state index contributed by atoms with van der Waals surface area (Å²) in [6.45, 7) is 1.48. The van der Waals surface area contributed by atoms with Crippen molar-refractivity contribution in [3.05, 3.63) is 17.5 Å². The van der Waals surface area contributed by atoms with Crippen molar-refractivity contribution in [1.82, 2.24) is 20.1 Å². The fourth-order valence-electron chi connectivity index (χ4n) is 3.82. The molecule has 148 valence electrons. The number of hydrogen-bond acceptors (Lipinski definition) is 7. The van der Waals surface area contributed by atoms with Gasteiger partial charge in [-0.1, -0.05) is 17.8 Å². The van der Waals surface area contributed by atoms with Gasteiger partial charge in [-0.05, 0) is 50.0 Å². The maximum absolute atomic E-state index is 12.5. The molecular formula is C19H23N5O2S2. The molecule has 0 radical (unpaired) electrons. The Balaban J connectivity index is 1.46. The van der Waals surface area contributed by atoms with Crippen molar-refractivity contribution in [2.45, 2.75) is 61.9 Å². The monoisotopic (exact) mass is 417 g/mol. The molecule has 9 heteroatoms. The molecule has 1 aliphatic heterocycles. The van der Waals surface area contributed by atoms with Crippen molar-refractivity contribution in [1.29, 1.82) is 5.26 Å². The highest BCUT2D eigenvalue weighted by atomic mass is 32.2. The molecule has 4 rings (SSSR count). The molecule has 1 saturated carbocycles. The normalized spacial score (nSPS) is 20.9. The Hall–Kier alpha value is -1.89. The van der Waals surface area contributed by atoms with Gasteiger partial charge in [-0.15, -0.1) is 21.5 Å². The SMILES string of the molecule is N#CC1(NC(=O)CSc2nnc(-c3cccs3)n2CC2CCCO2)CCCC1.